The van der Waals surface area contributed by atoms with Crippen LogP contribution in [0.5, 0.6) is 0 Å². The van der Waals surface area contributed by atoms with Gasteiger partial charge in [-0.1, -0.05) is 30.1 Å². The molecule has 3 heterocycles. The molecule has 3 N–H and O–H groups in total. The monoisotopic (exact) mass is 473 g/mol. The molecule has 1 saturated heterocycles. The first-order chi connectivity index (χ1) is 15.5. The van der Waals surface area contributed by atoms with Crippen LogP contribution in [0.4, 0.5) is 11.5 Å². The number of hydrogen-bond acceptors (Lipinski definition) is 6. The number of nitrogens with one attached hydrogen (secondary N) is 3. The molecular weight excluding hydrogens is 449 g/mol. The molecule has 10 heteroatoms. The molecule has 32 heavy (non-hydrogen) atoms. The highest BCUT2D eigenvalue weighted by atomic mass is 35.5. The van der Waals surface area contributed by atoms with E-state index in [1.807, 2.05) is 0 Å². The summed E-state index contributed by atoms with van der Waals surface area (Å²) >= 11 is 12.3. The van der Waals surface area contributed by atoms with Gasteiger partial charge in [-0.2, -0.15) is 5.10 Å². The van der Waals surface area contributed by atoms with E-state index in [1.54, 1.807) is 30.7 Å². The van der Waals surface area contributed by atoms with Crippen molar-refractivity contribution in [1.82, 2.24) is 25.5 Å². The lowest BCUT2D eigenvalue weighted by atomic mass is 9.92. The molecule has 3 aromatic rings. The lowest BCUT2D eigenvalue weighted by molar-refractivity contribution is -0.123. The number of carbonyl (C=O) groups is 1. The number of halogens is 2. The minimum absolute atomic E-state index is 0.0124. The fraction of sp³-hybridized carbons (Fsp3) is 0.455. The Morgan fingerprint density at radius 3 is 2.72 bits per heavy atom. The highest BCUT2D eigenvalue weighted by Gasteiger charge is 2.38. The molecule has 0 radical (unpaired) electrons. The second-order valence-electron chi connectivity index (χ2n) is 8.77. The van der Waals surface area contributed by atoms with Crippen LogP contribution >= 0.6 is 23.2 Å². The maximum absolute atomic E-state index is 13.3. The second-order valence-corrected chi connectivity index (χ2v) is 9.65. The predicted molar refractivity (Wildman–Crippen MR) is 126 cm³/mol. The minimum Gasteiger partial charge on any atom is -0.373 e. The predicted octanol–water partition coefficient (Wildman–Crippen LogP) is 3.88. The SMILES string of the molecule is C[C@H]1CCN(c2ncnc3[nH]ncc23)C[C@@H]1NC(=O)[C@H](Nc1cc(Cl)cc(Cl)c1)C1CC1. The molecule has 0 spiro atoms. The number of fused-ring (bicyclic) bond motifs is 1. The molecule has 168 valence electrons. The largest absolute Gasteiger partial charge is 0.373 e. The number of aromatic nitrogens is 4. The van der Waals surface area contributed by atoms with E-state index in [2.05, 4.69) is 42.6 Å². The van der Waals surface area contributed by atoms with Crippen LogP contribution in [0.3, 0.4) is 0 Å². The van der Waals surface area contributed by atoms with Crippen LogP contribution in [0.15, 0.2) is 30.7 Å². The average molecular weight is 474 g/mol. The molecule has 1 aliphatic carbocycles. The Hall–Kier alpha value is -2.58. The number of aromatic amines is 1. The van der Waals surface area contributed by atoms with Gasteiger partial charge in [-0.3, -0.25) is 9.89 Å². The van der Waals surface area contributed by atoms with E-state index in [0.29, 0.717) is 34.1 Å². The van der Waals surface area contributed by atoms with E-state index in [-0.39, 0.29) is 18.0 Å². The number of amides is 1. The number of piperidine rings is 1. The van der Waals surface area contributed by atoms with E-state index in [0.717, 1.165) is 42.7 Å². The van der Waals surface area contributed by atoms with Gasteiger partial charge in [0.15, 0.2) is 5.65 Å². The van der Waals surface area contributed by atoms with Gasteiger partial charge in [0.25, 0.3) is 0 Å². The smallest absolute Gasteiger partial charge is 0.243 e. The summed E-state index contributed by atoms with van der Waals surface area (Å²) in [5, 5.41) is 15.6. The molecule has 2 aromatic heterocycles. The first kappa shape index (κ1) is 21.3. The number of carbonyl (C=O) groups excluding carboxylic acids is 1. The van der Waals surface area contributed by atoms with Crippen LogP contribution in [0, 0.1) is 11.8 Å². The van der Waals surface area contributed by atoms with Gasteiger partial charge in [-0.05, 0) is 49.3 Å². The van der Waals surface area contributed by atoms with Gasteiger partial charge in [-0.25, -0.2) is 9.97 Å². The quantitative estimate of drug-likeness (QED) is 0.502. The molecule has 8 nitrogen and oxygen atoms in total. The average Bonchev–Trinajstić information content (AvgIpc) is 3.48. The van der Waals surface area contributed by atoms with Crippen molar-refractivity contribution in [3.63, 3.8) is 0 Å². The molecule has 1 aliphatic heterocycles. The molecule has 1 saturated carbocycles. The summed E-state index contributed by atoms with van der Waals surface area (Å²) in [5.74, 6) is 1.53. The summed E-state index contributed by atoms with van der Waals surface area (Å²) in [6.07, 6.45) is 6.32. The van der Waals surface area contributed by atoms with Crippen LogP contribution in [0.2, 0.25) is 10.0 Å². The normalized spacial score (nSPS) is 22.0. The van der Waals surface area contributed by atoms with E-state index in [9.17, 15) is 4.79 Å². The van der Waals surface area contributed by atoms with Gasteiger partial charge in [0, 0.05) is 34.9 Å². The molecular formula is C22H25Cl2N7O. The Morgan fingerprint density at radius 2 is 1.97 bits per heavy atom. The summed E-state index contributed by atoms with van der Waals surface area (Å²) in [4.78, 5) is 24.3. The van der Waals surface area contributed by atoms with Gasteiger partial charge in [-0.15, -0.1) is 0 Å². The molecule has 2 fully saturated rings. The number of hydrogen-bond donors (Lipinski definition) is 3. The number of benzene rings is 1. The maximum atomic E-state index is 13.3. The van der Waals surface area contributed by atoms with Gasteiger partial charge in [0.05, 0.1) is 11.6 Å². The molecule has 0 bridgehead atoms. The summed E-state index contributed by atoms with van der Waals surface area (Å²) in [6, 6.07) is 4.98. The maximum Gasteiger partial charge on any atom is 0.243 e. The standard InChI is InChI=1S/C22H25Cl2N7O/c1-12-4-5-31(21-17-9-27-30-20(17)25-11-26-21)10-18(12)29-22(32)19(13-2-3-13)28-16-7-14(23)6-15(24)8-16/h6-9,11-13,18-19,28H,2-5,10H2,1H3,(H,29,32)(H,25,26,27,30)/t12-,18-,19+/m0/s1. The Bertz CT molecular complexity index is 1110. The van der Waals surface area contributed by atoms with Crippen molar-refractivity contribution in [3.8, 4) is 0 Å². The zero-order valence-electron chi connectivity index (χ0n) is 17.7. The summed E-state index contributed by atoms with van der Waals surface area (Å²) in [6.45, 7) is 3.74. The van der Waals surface area contributed by atoms with Gasteiger partial charge >= 0.3 is 0 Å². The third kappa shape index (κ3) is 4.47. The zero-order valence-corrected chi connectivity index (χ0v) is 19.2. The fourth-order valence-electron chi connectivity index (χ4n) is 4.37. The highest BCUT2D eigenvalue weighted by Crippen LogP contribution is 2.36. The second kappa shape index (κ2) is 8.75. The first-order valence-electron chi connectivity index (χ1n) is 10.9. The Balaban J connectivity index is 1.31. The van der Waals surface area contributed by atoms with E-state index < -0.39 is 0 Å². The lowest BCUT2D eigenvalue weighted by Gasteiger charge is -2.38. The highest BCUT2D eigenvalue weighted by molar-refractivity contribution is 6.35. The number of nitrogens with zero attached hydrogens (tertiary/aromatic N) is 4. The van der Waals surface area contributed by atoms with Gasteiger partial charge in [0.2, 0.25) is 5.91 Å². The lowest BCUT2D eigenvalue weighted by Crippen LogP contribution is -2.55. The molecule has 1 amide bonds. The topological polar surface area (TPSA) is 98.8 Å². The molecule has 1 aromatic carbocycles. The van der Waals surface area contributed by atoms with Crippen LogP contribution < -0.4 is 15.5 Å². The third-order valence-electron chi connectivity index (χ3n) is 6.37. The summed E-state index contributed by atoms with van der Waals surface area (Å²) in [5.41, 5.74) is 1.48. The third-order valence-corrected chi connectivity index (χ3v) is 6.81. The van der Waals surface area contributed by atoms with Crippen molar-refractivity contribution in [1.29, 1.82) is 0 Å². The zero-order chi connectivity index (χ0) is 22.2. The molecule has 5 rings (SSSR count). The Kier molecular flexibility index (Phi) is 5.82. The Labute approximate surface area is 196 Å². The van der Waals surface area contributed by atoms with Crippen LogP contribution in [0.25, 0.3) is 11.0 Å². The Morgan fingerprint density at radius 1 is 1.19 bits per heavy atom. The van der Waals surface area contributed by atoms with Crippen LogP contribution in [-0.2, 0) is 4.79 Å². The van der Waals surface area contributed by atoms with E-state index in [1.165, 1.54) is 0 Å². The van der Waals surface area contributed by atoms with Crippen molar-refractivity contribution in [2.24, 2.45) is 11.8 Å². The molecule has 0 unspecified atom stereocenters. The van der Waals surface area contributed by atoms with E-state index in [4.69, 9.17) is 23.2 Å². The minimum atomic E-state index is -0.313. The van der Waals surface area contributed by atoms with Crippen molar-refractivity contribution < 1.29 is 4.79 Å². The van der Waals surface area contributed by atoms with Crippen molar-refractivity contribution >= 4 is 51.6 Å². The van der Waals surface area contributed by atoms with Gasteiger partial charge < -0.3 is 15.5 Å². The summed E-state index contributed by atoms with van der Waals surface area (Å²) in [7, 11) is 0. The number of rotatable bonds is 6. The first-order valence-corrected chi connectivity index (χ1v) is 11.7. The van der Waals surface area contributed by atoms with Crippen LogP contribution in [0.1, 0.15) is 26.2 Å². The van der Waals surface area contributed by atoms with Gasteiger partial charge in [0.1, 0.15) is 18.2 Å². The molecule has 2 aliphatic rings. The van der Waals surface area contributed by atoms with E-state index >= 15 is 0 Å². The number of H-pyrrole nitrogens is 1. The molecule has 3 atom stereocenters. The fourth-order valence-corrected chi connectivity index (χ4v) is 4.90. The number of anilines is 2. The summed E-state index contributed by atoms with van der Waals surface area (Å²) < 4.78 is 0. The van der Waals surface area contributed by atoms with Crippen LogP contribution in [-0.4, -0.2) is 51.2 Å². The van der Waals surface area contributed by atoms with Crippen molar-refractivity contribution in [3.05, 3.63) is 40.8 Å². The van der Waals surface area contributed by atoms with Crippen molar-refractivity contribution in [2.45, 2.75) is 38.3 Å². The van der Waals surface area contributed by atoms with Crippen molar-refractivity contribution in [2.75, 3.05) is 23.3 Å².